The van der Waals surface area contributed by atoms with Crippen LogP contribution in [-0.4, -0.2) is 48.3 Å². The third-order valence-electron chi connectivity index (χ3n) is 4.66. The lowest BCUT2D eigenvalue weighted by molar-refractivity contribution is -0.384. The smallest absolute Gasteiger partial charge is 0.293 e. The van der Waals surface area contributed by atoms with Gasteiger partial charge in [0.05, 0.1) is 22.0 Å². The number of methoxy groups -OCH3 is 2. The van der Waals surface area contributed by atoms with Crippen molar-refractivity contribution < 1.29 is 28.7 Å². The third kappa shape index (κ3) is 6.04. The average Bonchev–Trinajstić information content (AvgIpc) is 3.05. The Hall–Kier alpha value is -3.08. The topological polar surface area (TPSA) is 108 Å². The van der Waals surface area contributed by atoms with Crippen molar-refractivity contribution in [2.45, 2.75) is 13.0 Å². The normalized spacial score (nSPS) is 14.8. The maximum absolute atomic E-state index is 12.6. The molecule has 2 aromatic carbocycles. The van der Waals surface area contributed by atoms with E-state index in [1.165, 1.54) is 24.1 Å². The van der Waals surface area contributed by atoms with E-state index in [2.05, 4.69) is 0 Å². The summed E-state index contributed by atoms with van der Waals surface area (Å²) in [4.78, 5) is 36.7. The van der Waals surface area contributed by atoms with Gasteiger partial charge < -0.3 is 14.2 Å². The predicted molar refractivity (Wildman–Crippen MR) is 125 cm³/mol. The van der Waals surface area contributed by atoms with Gasteiger partial charge >= 0.3 is 0 Å². The number of nitro groups is 1. The molecule has 0 bridgehead atoms. The Balaban J connectivity index is 1.78. The maximum Gasteiger partial charge on any atom is 0.293 e. The summed E-state index contributed by atoms with van der Waals surface area (Å²) < 4.78 is 16.1. The number of benzene rings is 2. The van der Waals surface area contributed by atoms with Crippen LogP contribution in [0.4, 0.5) is 10.5 Å². The molecular weight excluding hydrogens is 472 g/mol. The largest absolute Gasteiger partial charge is 0.493 e. The Morgan fingerprint density at radius 1 is 1.21 bits per heavy atom. The van der Waals surface area contributed by atoms with Crippen molar-refractivity contribution in [3.63, 3.8) is 0 Å². The molecular formula is C22H21ClN2O7S. The van der Waals surface area contributed by atoms with Gasteiger partial charge in [0.15, 0.2) is 11.5 Å². The molecule has 0 radical (unpaired) electrons. The second kappa shape index (κ2) is 11.2. The number of thioether (sulfide) groups is 1. The fourth-order valence-corrected chi connectivity index (χ4v) is 4.23. The van der Waals surface area contributed by atoms with Crippen molar-refractivity contribution in [1.29, 1.82) is 0 Å². The van der Waals surface area contributed by atoms with Crippen LogP contribution in [-0.2, 0) is 16.1 Å². The molecule has 0 N–H and O–H groups in total. The molecule has 33 heavy (non-hydrogen) atoms. The predicted octanol–water partition coefficient (Wildman–Crippen LogP) is 4.91. The molecule has 2 aromatic rings. The SMILES string of the molecule is COCCCN1C(=O)S/C(=C/c2cc(Cl)c(OCc3cccc([N+](=O)[O-])c3)c(OC)c2)C1=O. The number of carbonyl (C=O) groups is 2. The number of rotatable bonds is 10. The zero-order valence-corrected chi connectivity index (χ0v) is 19.5. The molecule has 1 aliphatic rings. The number of non-ortho nitro benzene ring substituents is 1. The van der Waals surface area contributed by atoms with E-state index in [-0.39, 0.29) is 45.7 Å². The number of ether oxygens (including phenoxy) is 3. The number of nitrogens with zero attached hydrogens (tertiary/aromatic N) is 2. The molecule has 0 aliphatic carbocycles. The summed E-state index contributed by atoms with van der Waals surface area (Å²) in [5.74, 6) is 0.205. The van der Waals surface area contributed by atoms with Crippen molar-refractivity contribution in [2.24, 2.45) is 0 Å². The van der Waals surface area contributed by atoms with Crippen molar-refractivity contribution in [2.75, 3.05) is 27.4 Å². The Morgan fingerprint density at radius 3 is 2.70 bits per heavy atom. The number of hydrogen-bond acceptors (Lipinski definition) is 8. The molecule has 1 fully saturated rings. The summed E-state index contributed by atoms with van der Waals surface area (Å²) in [6, 6.07) is 9.30. The number of nitro benzene ring substituents is 1. The molecule has 0 atom stereocenters. The molecule has 9 nitrogen and oxygen atoms in total. The molecule has 174 valence electrons. The van der Waals surface area contributed by atoms with Gasteiger partial charge in [0.25, 0.3) is 16.8 Å². The minimum Gasteiger partial charge on any atom is -0.493 e. The Morgan fingerprint density at radius 2 is 2.00 bits per heavy atom. The van der Waals surface area contributed by atoms with Crippen molar-refractivity contribution >= 4 is 46.3 Å². The van der Waals surface area contributed by atoms with Gasteiger partial charge in [0, 0.05) is 32.4 Å². The van der Waals surface area contributed by atoms with E-state index in [0.717, 1.165) is 11.8 Å². The van der Waals surface area contributed by atoms with Crippen molar-refractivity contribution in [3.8, 4) is 11.5 Å². The number of carbonyl (C=O) groups excluding carboxylic acids is 2. The van der Waals surface area contributed by atoms with Crippen LogP contribution in [0.5, 0.6) is 11.5 Å². The molecule has 1 aliphatic heterocycles. The van der Waals surface area contributed by atoms with E-state index in [9.17, 15) is 19.7 Å². The molecule has 1 saturated heterocycles. The summed E-state index contributed by atoms with van der Waals surface area (Å²) in [6.07, 6.45) is 2.12. The molecule has 1 heterocycles. The zero-order valence-electron chi connectivity index (χ0n) is 17.9. The Bertz CT molecular complexity index is 1110. The lowest BCUT2D eigenvalue weighted by Gasteiger charge is -2.14. The van der Waals surface area contributed by atoms with Crippen molar-refractivity contribution in [1.82, 2.24) is 4.90 Å². The fourth-order valence-electron chi connectivity index (χ4n) is 3.09. The summed E-state index contributed by atoms with van der Waals surface area (Å²) in [5.41, 5.74) is 1.11. The van der Waals surface area contributed by atoms with Crippen LogP contribution in [0.15, 0.2) is 41.3 Å². The summed E-state index contributed by atoms with van der Waals surface area (Å²) in [6.45, 7) is 0.771. The first-order chi connectivity index (χ1) is 15.8. The molecule has 3 rings (SSSR count). The van der Waals surface area contributed by atoms with Crippen LogP contribution in [0.3, 0.4) is 0 Å². The molecule has 2 amide bonds. The zero-order chi connectivity index (χ0) is 24.0. The number of amides is 2. The van der Waals surface area contributed by atoms with Crippen molar-refractivity contribution in [3.05, 3.63) is 67.6 Å². The van der Waals surface area contributed by atoms with Crippen LogP contribution < -0.4 is 9.47 Å². The van der Waals surface area contributed by atoms with Gasteiger partial charge in [-0.1, -0.05) is 23.7 Å². The lowest BCUT2D eigenvalue weighted by Crippen LogP contribution is -2.29. The van der Waals surface area contributed by atoms with Crippen LogP contribution in [0, 0.1) is 10.1 Å². The van der Waals surface area contributed by atoms with E-state index in [0.29, 0.717) is 29.9 Å². The summed E-state index contributed by atoms with van der Waals surface area (Å²) >= 11 is 7.26. The molecule has 0 aromatic heterocycles. The lowest BCUT2D eigenvalue weighted by atomic mass is 10.1. The van der Waals surface area contributed by atoms with Gasteiger partial charge in [-0.3, -0.25) is 24.6 Å². The molecule has 0 saturated carbocycles. The third-order valence-corrected chi connectivity index (χ3v) is 5.85. The van der Waals surface area contributed by atoms with Crippen LogP contribution in [0.1, 0.15) is 17.5 Å². The van der Waals surface area contributed by atoms with E-state index >= 15 is 0 Å². The van der Waals surface area contributed by atoms with Gasteiger partial charge in [0.1, 0.15) is 6.61 Å². The number of hydrogen-bond donors (Lipinski definition) is 0. The van der Waals surface area contributed by atoms with E-state index in [1.54, 1.807) is 37.5 Å². The highest BCUT2D eigenvalue weighted by molar-refractivity contribution is 8.18. The van der Waals surface area contributed by atoms with E-state index < -0.39 is 4.92 Å². The minimum atomic E-state index is -0.481. The van der Waals surface area contributed by atoms with E-state index in [4.69, 9.17) is 25.8 Å². The Labute approximate surface area is 199 Å². The first kappa shape index (κ1) is 24.6. The monoisotopic (exact) mass is 492 g/mol. The van der Waals surface area contributed by atoms with E-state index in [1.807, 2.05) is 0 Å². The first-order valence-electron chi connectivity index (χ1n) is 9.82. The quantitative estimate of drug-likeness (QED) is 0.199. The second-order valence-electron chi connectivity index (χ2n) is 6.93. The van der Waals surface area contributed by atoms with Crippen LogP contribution in [0.25, 0.3) is 6.08 Å². The minimum absolute atomic E-state index is 0.0392. The maximum atomic E-state index is 12.6. The summed E-state index contributed by atoms with van der Waals surface area (Å²) in [7, 11) is 3.00. The van der Waals surface area contributed by atoms with Crippen LogP contribution in [0.2, 0.25) is 5.02 Å². The molecule has 0 spiro atoms. The first-order valence-corrected chi connectivity index (χ1v) is 11.0. The van der Waals surface area contributed by atoms with Gasteiger partial charge in [-0.15, -0.1) is 0 Å². The summed E-state index contributed by atoms with van der Waals surface area (Å²) in [5, 5.41) is 10.8. The highest BCUT2D eigenvalue weighted by Gasteiger charge is 2.34. The van der Waals surface area contributed by atoms with Gasteiger partial charge in [-0.2, -0.15) is 0 Å². The molecule has 11 heteroatoms. The van der Waals surface area contributed by atoms with Crippen LogP contribution >= 0.6 is 23.4 Å². The fraction of sp³-hybridized carbons (Fsp3) is 0.273. The van der Waals surface area contributed by atoms with Gasteiger partial charge in [0.2, 0.25) is 0 Å². The second-order valence-corrected chi connectivity index (χ2v) is 8.33. The Kier molecular flexibility index (Phi) is 8.32. The van der Waals surface area contributed by atoms with Gasteiger partial charge in [-0.05, 0) is 47.5 Å². The standard InChI is InChI=1S/C22H21ClN2O7S/c1-30-8-4-7-24-21(26)19(33-22(24)27)12-15-10-17(23)20(18(11-15)31-2)32-13-14-5-3-6-16(9-14)25(28)29/h3,5-6,9-12H,4,7-8,13H2,1-2H3/b19-12+. The van der Waals surface area contributed by atoms with Gasteiger partial charge in [-0.25, -0.2) is 0 Å². The number of imide groups is 1. The average molecular weight is 493 g/mol. The number of halogens is 1. The highest BCUT2D eigenvalue weighted by Crippen LogP contribution is 2.39. The highest BCUT2D eigenvalue weighted by atomic mass is 35.5. The molecule has 0 unspecified atom stereocenters.